The van der Waals surface area contributed by atoms with Crippen molar-refractivity contribution in [2.24, 2.45) is 5.92 Å². The molecule has 1 unspecified atom stereocenters. The number of thioether (sulfide) groups is 1. The Balaban J connectivity index is 1.50. The lowest BCUT2D eigenvalue weighted by molar-refractivity contribution is -0.137. The minimum atomic E-state index is -0.349. The zero-order valence-corrected chi connectivity index (χ0v) is 17.7. The molecule has 0 saturated carbocycles. The molecule has 2 amide bonds. The molecule has 0 aliphatic carbocycles. The summed E-state index contributed by atoms with van der Waals surface area (Å²) in [5, 5.41) is 2.00. The van der Waals surface area contributed by atoms with Crippen LogP contribution >= 0.6 is 23.1 Å². The predicted octanol–water partition coefficient (Wildman–Crippen LogP) is 4.64. The predicted molar refractivity (Wildman–Crippen MR) is 116 cm³/mol. The lowest BCUT2D eigenvalue weighted by Crippen LogP contribution is -2.36. The van der Waals surface area contributed by atoms with Gasteiger partial charge >= 0.3 is 0 Å². The molecule has 0 spiro atoms. The first-order valence-corrected chi connectivity index (χ1v) is 11.5. The van der Waals surface area contributed by atoms with Crippen molar-refractivity contribution < 1.29 is 14.0 Å². The normalized spacial score (nSPS) is 16.4. The van der Waals surface area contributed by atoms with Crippen LogP contribution in [0, 0.1) is 5.92 Å². The number of hydrogen-bond acceptors (Lipinski definition) is 5. The Morgan fingerprint density at radius 3 is 2.69 bits per heavy atom. The fourth-order valence-electron chi connectivity index (χ4n) is 3.54. The molecule has 0 radical (unpaired) electrons. The summed E-state index contributed by atoms with van der Waals surface area (Å²) in [5.74, 6) is 0.377. The minimum Gasteiger partial charge on any atom is -0.467 e. The van der Waals surface area contributed by atoms with E-state index in [-0.39, 0.29) is 24.2 Å². The molecule has 1 atom stereocenters. The molecule has 1 saturated heterocycles. The molecule has 2 aromatic heterocycles. The first-order valence-electron chi connectivity index (χ1n) is 9.42. The van der Waals surface area contributed by atoms with Crippen LogP contribution in [0.2, 0.25) is 0 Å². The summed E-state index contributed by atoms with van der Waals surface area (Å²) in [7, 11) is 0. The maximum atomic E-state index is 13.3. The Kier molecular flexibility index (Phi) is 6.06. The average molecular weight is 427 g/mol. The van der Waals surface area contributed by atoms with E-state index in [0.717, 1.165) is 21.2 Å². The maximum absolute atomic E-state index is 13.3. The van der Waals surface area contributed by atoms with E-state index in [1.165, 1.54) is 0 Å². The monoisotopic (exact) mass is 426 g/mol. The van der Waals surface area contributed by atoms with Crippen molar-refractivity contribution in [2.45, 2.75) is 24.4 Å². The third-order valence-electron chi connectivity index (χ3n) is 5.02. The Morgan fingerprint density at radius 2 is 2.03 bits per heavy atom. The van der Waals surface area contributed by atoms with Gasteiger partial charge in [-0.05, 0) is 54.1 Å². The van der Waals surface area contributed by atoms with Crippen molar-refractivity contribution >= 4 is 40.6 Å². The zero-order valence-electron chi connectivity index (χ0n) is 16.1. The molecule has 1 fully saturated rings. The molecule has 5 nitrogen and oxygen atoms in total. The van der Waals surface area contributed by atoms with E-state index in [1.807, 2.05) is 60.2 Å². The molecule has 4 rings (SSSR count). The van der Waals surface area contributed by atoms with Crippen LogP contribution in [0.1, 0.15) is 17.1 Å². The van der Waals surface area contributed by atoms with Gasteiger partial charge in [-0.25, -0.2) is 0 Å². The Labute approximate surface area is 178 Å². The van der Waals surface area contributed by atoms with Crippen molar-refractivity contribution in [3.8, 4) is 0 Å². The molecule has 3 aromatic rings. The van der Waals surface area contributed by atoms with Crippen molar-refractivity contribution in [1.82, 2.24) is 4.90 Å². The summed E-state index contributed by atoms with van der Waals surface area (Å²) in [6, 6.07) is 15.6. The number of carbonyl (C=O) groups excluding carboxylic acids is 2. The number of rotatable bonds is 7. The van der Waals surface area contributed by atoms with Crippen molar-refractivity contribution in [1.29, 1.82) is 0 Å². The summed E-state index contributed by atoms with van der Waals surface area (Å²) in [4.78, 5) is 31.7. The number of thiophene rings is 1. The molecule has 0 bridgehead atoms. The van der Waals surface area contributed by atoms with Gasteiger partial charge in [0, 0.05) is 28.4 Å². The van der Waals surface area contributed by atoms with Gasteiger partial charge < -0.3 is 14.2 Å². The van der Waals surface area contributed by atoms with Crippen molar-refractivity contribution in [3.05, 3.63) is 70.8 Å². The van der Waals surface area contributed by atoms with Crippen LogP contribution in [0.15, 0.2) is 69.5 Å². The Morgan fingerprint density at radius 1 is 1.21 bits per heavy atom. The molecule has 3 heterocycles. The van der Waals surface area contributed by atoms with Gasteiger partial charge in [-0.1, -0.05) is 6.07 Å². The molecule has 7 heteroatoms. The van der Waals surface area contributed by atoms with E-state index in [1.54, 1.807) is 39.2 Å². The number of hydrogen-bond donors (Lipinski definition) is 0. The van der Waals surface area contributed by atoms with Crippen LogP contribution < -0.4 is 4.90 Å². The summed E-state index contributed by atoms with van der Waals surface area (Å²) >= 11 is 3.28. The van der Waals surface area contributed by atoms with Crippen LogP contribution in [0.25, 0.3) is 0 Å². The summed E-state index contributed by atoms with van der Waals surface area (Å²) in [6.07, 6.45) is 3.87. The van der Waals surface area contributed by atoms with Gasteiger partial charge in [0.2, 0.25) is 11.8 Å². The number of amides is 2. The fourth-order valence-corrected chi connectivity index (χ4v) is 4.66. The van der Waals surface area contributed by atoms with Gasteiger partial charge in [-0.2, -0.15) is 0 Å². The first-order chi connectivity index (χ1) is 14.1. The second-order valence-electron chi connectivity index (χ2n) is 6.96. The second kappa shape index (κ2) is 8.88. The van der Waals surface area contributed by atoms with E-state index < -0.39 is 0 Å². The zero-order chi connectivity index (χ0) is 20.2. The molecular weight excluding hydrogens is 404 g/mol. The van der Waals surface area contributed by atoms with E-state index >= 15 is 0 Å². The molecule has 29 heavy (non-hydrogen) atoms. The summed E-state index contributed by atoms with van der Waals surface area (Å²) < 4.78 is 5.46. The molecule has 0 N–H and O–H groups in total. The molecular formula is C22H22N2O3S2. The first kappa shape index (κ1) is 19.8. The van der Waals surface area contributed by atoms with Crippen molar-refractivity contribution in [3.63, 3.8) is 0 Å². The van der Waals surface area contributed by atoms with Crippen LogP contribution in [0.5, 0.6) is 0 Å². The molecule has 150 valence electrons. The van der Waals surface area contributed by atoms with Crippen LogP contribution in [0.4, 0.5) is 5.69 Å². The summed E-state index contributed by atoms with van der Waals surface area (Å²) in [5.41, 5.74) is 0.846. The number of nitrogens with zero attached hydrogens (tertiary/aromatic N) is 2. The van der Waals surface area contributed by atoms with Gasteiger partial charge in [0.05, 0.1) is 25.3 Å². The quantitative estimate of drug-likeness (QED) is 0.516. The van der Waals surface area contributed by atoms with E-state index in [4.69, 9.17) is 4.42 Å². The minimum absolute atomic E-state index is 0.00526. The number of carbonyl (C=O) groups is 2. The van der Waals surface area contributed by atoms with Crippen LogP contribution in [-0.2, 0) is 22.7 Å². The molecule has 1 aliphatic rings. The van der Waals surface area contributed by atoms with Gasteiger partial charge in [-0.3, -0.25) is 9.59 Å². The lowest BCUT2D eigenvalue weighted by Gasteiger charge is -2.24. The molecule has 1 aromatic carbocycles. The second-order valence-corrected chi connectivity index (χ2v) is 8.87. The Hall–Kier alpha value is -2.51. The largest absolute Gasteiger partial charge is 0.467 e. The van der Waals surface area contributed by atoms with Gasteiger partial charge in [0.15, 0.2) is 0 Å². The Bertz CT molecular complexity index is 916. The smallest absolute Gasteiger partial charge is 0.228 e. The van der Waals surface area contributed by atoms with Crippen LogP contribution in [0.3, 0.4) is 0 Å². The third kappa shape index (κ3) is 4.57. The van der Waals surface area contributed by atoms with Gasteiger partial charge in [0.1, 0.15) is 5.76 Å². The lowest BCUT2D eigenvalue weighted by atomic mass is 10.1. The topological polar surface area (TPSA) is 53.8 Å². The fraction of sp³-hybridized carbons (Fsp3) is 0.273. The number of anilines is 1. The average Bonchev–Trinajstić information content (AvgIpc) is 3.50. The highest BCUT2D eigenvalue weighted by molar-refractivity contribution is 7.98. The highest BCUT2D eigenvalue weighted by atomic mass is 32.2. The molecule has 1 aliphatic heterocycles. The highest BCUT2D eigenvalue weighted by Gasteiger charge is 2.37. The third-order valence-corrected chi connectivity index (χ3v) is 6.63. The van der Waals surface area contributed by atoms with Crippen LogP contribution in [-0.4, -0.2) is 29.5 Å². The summed E-state index contributed by atoms with van der Waals surface area (Å²) in [6.45, 7) is 1.33. The number of benzene rings is 1. The van der Waals surface area contributed by atoms with Crippen molar-refractivity contribution in [2.75, 3.05) is 17.7 Å². The SMILES string of the molecule is CSc1ccc(N2CC(C(=O)N(Cc3ccco3)Cc3cccs3)CC2=O)cc1. The standard InChI is InChI=1S/C22H22N2O3S2/c1-28-19-8-6-17(7-9-19)24-13-16(12-21(24)25)22(26)23(14-18-4-2-10-27-18)15-20-5-3-11-29-20/h2-11,16H,12-15H2,1H3. The maximum Gasteiger partial charge on any atom is 0.228 e. The van der Waals surface area contributed by atoms with E-state index in [2.05, 4.69) is 0 Å². The van der Waals surface area contributed by atoms with E-state index in [0.29, 0.717) is 19.6 Å². The number of furan rings is 1. The van der Waals surface area contributed by atoms with Gasteiger partial charge in [0.25, 0.3) is 0 Å². The van der Waals surface area contributed by atoms with Gasteiger partial charge in [-0.15, -0.1) is 23.1 Å². The van der Waals surface area contributed by atoms with E-state index in [9.17, 15) is 9.59 Å². The highest BCUT2D eigenvalue weighted by Crippen LogP contribution is 2.29.